The van der Waals surface area contributed by atoms with E-state index < -0.39 is 0 Å². The number of thiophene rings is 1. The van der Waals surface area contributed by atoms with Crippen LogP contribution in [0.25, 0.3) is 0 Å². The van der Waals surface area contributed by atoms with Gasteiger partial charge in [0.15, 0.2) is 0 Å². The number of nitrogens with zero attached hydrogens (tertiary/aromatic N) is 1. The van der Waals surface area contributed by atoms with Crippen LogP contribution in [0.3, 0.4) is 0 Å². The number of hydrazine groups is 1. The van der Waals surface area contributed by atoms with Gasteiger partial charge in [-0.3, -0.25) is 15.1 Å². The van der Waals surface area contributed by atoms with Gasteiger partial charge in [-0.15, -0.1) is 11.3 Å². The Morgan fingerprint density at radius 2 is 2.38 bits per heavy atom. The summed E-state index contributed by atoms with van der Waals surface area (Å²) in [5.74, 6) is 4.92. The average Bonchev–Trinajstić information content (AvgIpc) is 3.04. The zero-order valence-electron chi connectivity index (χ0n) is 9.62. The molecule has 88 valence electrons. The fraction of sp³-hybridized carbons (Fsp3) is 0.545. The minimum absolute atomic E-state index is 0.201. The van der Waals surface area contributed by atoms with E-state index in [-0.39, 0.29) is 5.91 Å². The van der Waals surface area contributed by atoms with Crippen molar-refractivity contribution >= 4 is 17.2 Å². The van der Waals surface area contributed by atoms with Crippen LogP contribution in [-0.4, -0.2) is 23.9 Å². The van der Waals surface area contributed by atoms with E-state index in [1.165, 1.54) is 34.6 Å². The standard InChI is InChI=1S/C11H17N3OS/c1-7-8(6-14(2)9-3-4-9)5-10(16-7)11(15)13-12/h5,9H,3-4,6,12H2,1-2H3,(H,13,15). The molecule has 0 saturated heterocycles. The molecule has 0 atom stereocenters. The predicted molar refractivity (Wildman–Crippen MR) is 65.2 cm³/mol. The number of carbonyl (C=O) groups is 1. The van der Waals surface area contributed by atoms with Crippen molar-refractivity contribution in [3.63, 3.8) is 0 Å². The molecule has 5 heteroatoms. The number of hydrogen-bond acceptors (Lipinski definition) is 4. The molecule has 1 saturated carbocycles. The van der Waals surface area contributed by atoms with Crippen molar-refractivity contribution in [2.45, 2.75) is 32.4 Å². The van der Waals surface area contributed by atoms with Crippen molar-refractivity contribution in [2.24, 2.45) is 5.84 Å². The molecule has 1 aromatic heterocycles. The molecule has 2 rings (SSSR count). The van der Waals surface area contributed by atoms with Crippen molar-refractivity contribution in [1.82, 2.24) is 10.3 Å². The topological polar surface area (TPSA) is 58.4 Å². The normalized spacial score (nSPS) is 15.5. The van der Waals surface area contributed by atoms with E-state index >= 15 is 0 Å². The van der Waals surface area contributed by atoms with Gasteiger partial charge in [-0.05, 0) is 38.4 Å². The summed E-state index contributed by atoms with van der Waals surface area (Å²) < 4.78 is 0. The zero-order valence-corrected chi connectivity index (χ0v) is 10.4. The Labute approximate surface area is 99.4 Å². The largest absolute Gasteiger partial charge is 0.299 e. The Morgan fingerprint density at radius 3 is 2.94 bits per heavy atom. The Hall–Kier alpha value is -0.910. The third-order valence-electron chi connectivity index (χ3n) is 2.97. The molecule has 1 heterocycles. The van der Waals surface area contributed by atoms with Crippen LogP contribution < -0.4 is 11.3 Å². The smallest absolute Gasteiger partial charge is 0.275 e. The second kappa shape index (κ2) is 4.53. The lowest BCUT2D eigenvalue weighted by Crippen LogP contribution is -2.29. The van der Waals surface area contributed by atoms with Crippen molar-refractivity contribution < 1.29 is 4.79 Å². The molecular weight excluding hydrogens is 222 g/mol. The monoisotopic (exact) mass is 239 g/mol. The first-order chi connectivity index (χ1) is 7.61. The number of nitrogen functional groups attached to an aromatic ring is 1. The summed E-state index contributed by atoms with van der Waals surface area (Å²) >= 11 is 1.50. The highest BCUT2D eigenvalue weighted by atomic mass is 32.1. The van der Waals surface area contributed by atoms with Crippen molar-refractivity contribution in [3.05, 3.63) is 21.4 Å². The summed E-state index contributed by atoms with van der Waals surface area (Å²) in [6, 6.07) is 2.69. The lowest BCUT2D eigenvalue weighted by Gasteiger charge is -2.14. The molecular formula is C11H17N3OS. The van der Waals surface area contributed by atoms with Gasteiger partial charge in [0.2, 0.25) is 0 Å². The molecule has 1 aromatic rings. The summed E-state index contributed by atoms with van der Waals surface area (Å²) in [7, 11) is 2.14. The molecule has 0 aromatic carbocycles. The van der Waals surface area contributed by atoms with Gasteiger partial charge in [-0.25, -0.2) is 5.84 Å². The number of amides is 1. The molecule has 1 aliphatic rings. The van der Waals surface area contributed by atoms with Crippen LogP contribution in [0.5, 0.6) is 0 Å². The minimum atomic E-state index is -0.201. The van der Waals surface area contributed by atoms with E-state index in [1.807, 2.05) is 13.0 Å². The maximum atomic E-state index is 11.4. The van der Waals surface area contributed by atoms with E-state index in [0.717, 1.165) is 12.6 Å². The number of nitrogens with two attached hydrogens (primary N) is 1. The molecule has 0 bridgehead atoms. The van der Waals surface area contributed by atoms with Crippen LogP contribution in [0.1, 0.15) is 33.0 Å². The van der Waals surface area contributed by atoms with E-state index in [0.29, 0.717) is 4.88 Å². The van der Waals surface area contributed by atoms with E-state index in [9.17, 15) is 4.79 Å². The Bertz CT molecular complexity index is 398. The summed E-state index contributed by atoms with van der Waals surface area (Å²) in [5, 5.41) is 0. The Balaban J connectivity index is 2.08. The molecule has 4 nitrogen and oxygen atoms in total. The molecule has 3 N–H and O–H groups in total. The van der Waals surface area contributed by atoms with Gasteiger partial charge in [0, 0.05) is 17.5 Å². The van der Waals surface area contributed by atoms with E-state index in [1.54, 1.807) is 0 Å². The number of aryl methyl sites for hydroxylation is 1. The number of hydrogen-bond donors (Lipinski definition) is 2. The highest BCUT2D eigenvalue weighted by molar-refractivity contribution is 7.14. The number of nitrogens with one attached hydrogen (secondary N) is 1. The first kappa shape index (κ1) is 11.6. The molecule has 0 unspecified atom stereocenters. The second-order valence-corrected chi connectivity index (χ2v) is 5.57. The highest BCUT2D eigenvalue weighted by Gasteiger charge is 2.26. The Kier molecular flexibility index (Phi) is 3.28. The Morgan fingerprint density at radius 1 is 1.69 bits per heavy atom. The lowest BCUT2D eigenvalue weighted by molar-refractivity contribution is 0.0957. The molecule has 0 radical (unpaired) electrons. The SMILES string of the molecule is Cc1sc(C(=O)NN)cc1CN(C)C1CC1. The van der Waals surface area contributed by atoms with Crippen molar-refractivity contribution in [2.75, 3.05) is 7.05 Å². The molecule has 16 heavy (non-hydrogen) atoms. The lowest BCUT2D eigenvalue weighted by atomic mass is 10.2. The average molecular weight is 239 g/mol. The molecule has 0 aliphatic heterocycles. The quantitative estimate of drug-likeness (QED) is 0.472. The molecule has 1 fully saturated rings. The third kappa shape index (κ3) is 2.42. The second-order valence-electron chi connectivity index (χ2n) is 4.31. The summed E-state index contributed by atoms with van der Waals surface area (Å²) in [5.41, 5.74) is 3.40. The van der Waals surface area contributed by atoms with E-state index in [2.05, 4.69) is 17.4 Å². The number of rotatable bonds is 4. The number of carbonyl (C=O) groups excluding carboxylic acids is 1. The van der Waals surface area contributed by atoms with Gasteiger partial charge in [-0.1, -0.05) is 0 Å². The van der Waals surface area contributed by atoms with E-state index in [4.69, 9.17) is 5.84 Å². The van der Waals surface area contributed by atoms with Crippen LogP contribution in [0.2, 0.25) is 0 Å². The van der Waals surface area contributed by atoms with Crippen molar-refractivity contribution in [1.29, 1.82) is 0 Å². The maximum absolute atomic E-state index is 11.4. The third-order valence-corrected chi connectivity index (χ3v) is 4.06. The van der Waals surface area contributed by atoms with Crippen LogP contribution in [0, 0.1) is 6.92 Å². The highest BCUT2D eigenvalue weighted by Crippen LogP contribution is 2.29. The fourth-order valence-corrected chi connectivity index (χ4v) is 2.71. The minimum Gasteiger partial charge on any atom is -0.299 e. The first-order valence-corrected chi connectivity index (χ1v) is 6.24. The fourth-order valence-electron chi connectivity index (χ4n) is 1.77. The van der Waals surface area contributed by atoms with Crippen LogP contribution in [0.15, 0.2) is 6.07 Å². The zero-order chi connectivity index (χ0) is 11.7. The van der Waals surface area contributed by atoms with Gasteiger partial charge >= 0.3 is 0 Å². The van der Waals surface area contributed by atoms with Crippen LogP contribution in [0.4, 0.5) is 0 Å². The summed E-state index contributed by atoms with van der Waals surface area (Å²) in [6.45, 7) is 2.97. The van der Waals surface area contributed by atoms with Gasteiger partial charge in [-0.2, -0.15) is 0 Å². The molecule has 0 spiro atoms. The first-order valence-electron chi connectivity index (χ1n) is 5.42. The van der Waals surface area contributed by atoms with Gasteiger partial charge in [0.1, 0.15) is 0 Å². The summed E-state index contributed by atoms with van der Waals surface area (Å²) in [6.07, 6.45) is 2.60. The summed E-state index contributed by atoms with van der Waals surface area (Å²) in [4.78, 5) is 15.6. The van der Waals surface area contributed by atoms with Gasteiger partial charge < -0.3 is 0 Å². The maximum Gasteiger partial charge on any atom is 0.275 e. The van der Waals surface area contributed by atoms with Gasteiger partial charge in [0.05, 0.1) is 4.88 Å². The molecule has 1 aliphatic carbocycles. The van der Waals surface area contributed by atoms with Crippen LogP contribution in [-0.2, 0) is 6.54 Å². The van der Waals surface area contributed by atoms with Gasteiger partial charge in [0.25, 0.3) is 5.91 Å². The molecule has 1 amide bonds. The van der Waals surface area contributed by atoms with Crippen LogP contribution >= 0.6 is 11.3 Å². The van der Waals surface area contributed by atoms with Crippen molar-refractivity contribution in [3.8, 4) is 0 Å². The predicted octanol–water partition coefficient (Wildman–Crippen LogP) is 1.25.